The Morgan fingerprint density at radius 3 is 2.35 bits per heavy atom. The molecule has 94 valence electrons. The van der Waals surface area contributed by atoms with Gasteiger partial charge < -0.3 is 0 Å². The van der Waals surface area contributed by atoms with Crippen LogP contribution >= 0.6 is 0 Å². The van der Waals surface area contributed by atoms with Gasteiger partial charge in [-0.1, -0.05) is 44.7 Å². The molecule has 0 atom stereocenters. The normalized spacial score (nSPS) is 13.8. The molecule has 0 aromatic heterocycles. The Kier molecular flexibility index (Phi) is 8.04. The van der Waals surface area contributed by atoms with E-state index in [1.165, 1.54) is 18.6 Å². The van der Waals surface area contributed by atoms with Crippen molar-refractivity contribution in [3.63, 3.8) is 0 Å². The van der Waals surface area contributed by atoms with Crippen molar-refractivity contribution in [2.45, 2.75) is 40.0 Å². The minimum absolute atomic E-state index is 0.198. The van der Waals surface area contributed by atoms with E-state index >= 15 is 0 Å². The molecule has 0 radical (unpaired) electrons. The van der Waals surface area contributed by atoms with E-state index in [0.717, 1.165) is 30.4 Å². The first kappa shape index (κ1) is 15.6. The third-order valence-electron chi connectivity index (χ3n) is 2.51. The zero-order valence-corrected chi connectivity index (χ0v) is 11.2. The fourth-order valence-electron chi connectivity index (χ4n) is 1.30. The summed E-state index contributed by atoms with van der Waals surface area (Å²) in [5, 5.41) is 0. The lowest BCUT2D eigenvalue weighted by atomic mass is 10.0. The lowest BCUT2D eigenvalue weighted by Crippen LogP contribution is -1.84. The first-order valence-electron chi connectivity index (χ1n) is 6.04. The smallest absolute Gasteiger partial charge is 0.0968 e. The highest BCUT2D eigenvalue weighted by molar-refractivity contribution is 5.41. The Balaban J connectivity index is 4.69. The molecule has 0 rings (SSSR count). The van der Waals surface area contributed by atoms with E-state index in [9.17, 15) is 4.39 Å². The van der Waals surface area contributed by atoms with Crippen molar-refractivity contribution in [1.82, 2.24) is 0 Å². The van der Waals surface area contributed by atoms with Crippen LogP contribution in [-0.4, -0.2) is 0 Å². The van der Waals surface area contributed by atoms with Crippen LogP contribution in [0.3, 0.4) is 0 Å². The second kappa shape index (κ2) is 8.74. The van der Waals surface area contributed by atoms with Crippen LogP contribution in [0.5, 0.6) is 0 Å². The van der Waals surface area contributed by atoms with Gasteiger partial charge in [0.05, 0.1) is 5.83 Å². The van der Waals surface area contributed by atoms with Gasteiger partial charge in [-0.2, -0.15) is 0 Å². The summed E-state index contributed by atoms with van der Waals surface area (Å²) < 4.78 is 12.6. The van der Waals surface area contributed by atoms with Gasteiger partial charge in [0, 0.05) is 0 Å². The molecule has 0 aromatic carbocycles. The Morgan fingerprint density at radius 2 is 1.88 bits per heavy atom. The van der Waals surface area contributed by atoms with Gasteiger partial charge in [-0.15, -0.1) is 0 Å². The molecule has 0 fully saturated rings. The number of halogens is 1. The van der Waals surface area contributed by atoms with E-state index in [2.05, 4.69) is 20.1 Å². The first-order valence-corrected chi connectivity index (χ1v) is 6.04. The van der Waals surface area contributed by atoms with Gasteiger partial charge in [-0.05, 0) is 49.5 Å². The minimum Gasteiger partial charge on any atom is -0.212 e. The monoisotopic (exact) mass is 234 g/mol. The Bertz CT molecular complexity index is 350. The number of allylic oxidation sites excluding steroid dienone is 8. The predicted molar refractivity (Wildman–Crippen MR) is 75.6 cm³/mol. The summed E-state index contributed by atoms with van der Waals surface area (Å²) in [6.07, 6.45) is 10.4. The van der Waals surface area contributed by atoms with Crippen molar-refractivity contribution in [2.24, 2.45) is 0 Å². The summed E-state index contributed by atoms with van der Waals surface area (Å²) in [6, 6.07) is 0. The van der Waals surface area contributed by atoms with Crippen molar-refractivity contribution in [1.29, 1.82) is 0 Å². The molecule has 0 N–H and O–H groups in total. The van der Waals surface area contributed by atoms with Crippen LogP contribution in [0.25, 0.3) is 0 Å². The van der Waals surface area contributed by atoms with E-state index in [1.807, 2.05) is 19.1 Å². The Hall–Kier alpha value is -1.37. The van der Waals surface area contributed by atoms with Gasteiger partial charge in [-0.25, -0.2) is 4.39 Å². The zero-order chi connectivity index (χ0) is 13.3. The van der Waals surface area contributed by atoms with Gasteiger partial charge in [0.2, 0.25) is 0 Å². The van der Waals surface area contributed by atoms with Crippen LogP contribution in [0.2, 0.25) is 0 Å². The molecule has 0 aliphatic heterocycles. The largest absolute Gasteiger partial charge is 0.212 e. The van der Waals surface area contributed by atoms with Crippen LogP contribution in [0.4, 0.5) is 4.39 Å². The van der Waals surface area contributed by atoms with E-state index in [-0.39, 0.29) is 5.83 Å². The molecule has 0 spiro atoms. The number of unbranched alkanes of at least 4 members (excludes halogenated alkanes) is 1. The third-order valence-corrected chi connectivity index (χ3v) is 2.51. The highest BCUT2D eigenvalue weighted by Crippen LogP contribution is 2.16. The summed E-state index contributed by atoms with van der Waals surface area (Å²) in [4.78, 5) is 0. The minimum atomic E-state index is -0.198. The van der Waals surface area contributed by atoms with E-state index in [4.69, 9.17) is 0 Å². The molecule has 0 amide bonds. The summed E-state index contributed by atoms with van der Waals surface area (Å²) >= 11 is 0. The summed E-state index contributed by atoms with van der Waals surface area (Å²) in [7, 11) is 0. The molecule has 0 unspecified atom stereocenters. The molecular formula is C16H23F. The predicted octanol–water partition coefficient (Wildman–Crippen LogP) is 5.66. The summed E-state index contributed by atoms with van der Waals surface area (Å²) in [6.45, 7) is 13.3. The molecule has 0 aliphatic rings. The Morgan fingerprint density at radius 1 is 1.24 bits per heavy atom. The molecule has 0 saturated carbocycles. The zero-order valence-electron chi connectivity index (χ0n) is 11.2. The topological polar surface area (TPSA) is 0 Å². The molecular weight excluding hydrogens is 211 g/mol. The Labute approximate surface area is 105 Å². The fourth-order valence-corrected chi connectivity index (χ4v) is 1.30. The van der Waals surface area contributed by atoms with Crippen molar-refractivity contribution in [2.75, 3.05) is 0 Å². The maximum atomic E-state index is 12.6. The molecule has 0 heterocycles. The van der Waals surface area contributed by atoms with Crippen molar-refractivity contribution in [3.8, 4) is 0 Å². The SMILES string of the molecule is C=CC(=CC(=C)C(C)=CC=C(C)F)CCCC. The standard InChI is InChI=1S/C16H23F/c1-6-8-9-16(7-2)12-14(4)13(3)10-11-15(5)17/h7,10-12H,2,4,6,8-9H2,1,3,5H3. The van der Waals surface area contributed by atoms with Gasteiger partial charge in [0.15, 0.2) is 0 Å². The fraction of sp³-hybridized carbons (Fsp3) is 0.375. The van der Waals surface area contributed by atoms with Crippen LogP contribution in [0.1, 0.15) is 40.0 Å². The van der Waals surface area contributed by atoms with Crippen LogP contribution in [0.15, 0.2) is 60.0 Å². The van der Waals surface area contributed by atoms with Gasteiger partial charge in [0.1, 0.15) is 0 Å². The van der Waals surface area contributed by atoms with E-state index in [1.54, 1.807) is 6.08 Å². The third kappa shape index (κ3) is 7.51. The van der Waals surface area contributed by atoms with Crippen molar-refractivity contribution < 1.29 is 4.39 Å². The average Bonchev–Trinajstić information content (AvgIpc) is 2.30. The van der Waals surface area contributed by atoms with Gasteiger partial charge >= 0.3 is 0 Å². The maximum absolute atomic E-state index is 12.6. The summed E-state index contributed by atoms with van der Waals surface area (Å²) in [5.74, 6) is -0.198. The molecule has 17 heavy (non-hydrogen) atoms. The van der Waals surface area contributed by atoms with Gasteiger partial charge in [-0.3, -0.25) is 0 Å². The maximum Gasteiger partial charge on any atom is 0.0968 e. The quantitative estimate of drug-likeness (QED) is 0.498. The van der Waals surface area contributed by atoms with Crippen molar-refractivity contribution in [3.05, 3.63) is 60.0 Å². The lowest BCUT2D eigenvalue weighted by Gasteiger charge is -2.04. The molecule has 1 heteroatoms. The molecule has 0 nitrogen and oxygen atoms in total. The lowest BCUT2D eigenvalue weighted by molar-refractivity contribution is 0.640. The number of hydrogen-bond donors (Lipinski definition) is 0. The average molecular weight is 234 g/mol. The molecule has 0 aromatic rings. The molecule has 0 saturated heterocycles. The number of hydrogen-bond acceptors (Lipinski definition) is 0. The second-order valence-corrected chi connectivity index (χ2v) is 4.16. The van der Waals surface area contributed by atoms with Gasteiger partial charge in [0.25, 0.3) is 0 Å². The van der Waals surface area contributed by atoms with Crippen LogP contribution < -0.4 is 0 Å². The number of rotatable bonds is 7. The molecule has 0 aliphatic carbocycles. The highest BCUT2D eigenvalue weighted by Gasteiger charge is 1.96. The molecule has 0 bridgehead atoms. The highest BCUT2D eigenvalue weighted by atomic mass is 19.1. The van der Waals surface area contributed by atoms with E-state index < -0.39 is 0 Å². The summed E-state index contributed by atoms with van der Waals surface area (Å²) in [5.41, 5.74) is 3.07. The van der Waals surface area contributed by atoms with E-state index in [0.29, 0.717) is 0 Å². The van der Waals surface area contributed by atoms with Crippen LogP contribution in [-0.2, 0) is 0 Å². The second-order valence-electron chi connectivity index (χ2n) is 4.16. The van der Waals surface area contributed by atoms with Crippen LogP contribution in [0, 0.1) is 0 Å². The first-order chi connectivity index (χ1) is 8.01. The van der Waals surface area contributed by atoms with Crippen molar-refractivity contribution >= 4 is 0 Å².